The van der Waals surface area contributed by atoms with Crippen LogP contribution in [0.2, 0.25) is 10.0 Å². The zero-order valence-corrected chi connectivity index (χ0v) is 13.3. The van der Waals surface area contributed by atoms with Crippen LogP contribution in [0, 0.1) is 0 Å². The maximum atomic E-state index is 12.2. The second-order valence-electron chi connectivity index (χ2n) is 4.86. The number of nitrogens with one attached hydrogen (secondary N) is 1. The quantitative estimate of drug-likeness (QED) is 0.915. The summed E-state index contributed by atoms with van der Waals surface area (Å²) < 4.78 is 26.9. The summed E-state index contributed by atoms with van der Waals surface area (Å²) in [7, 11) is -0.619. The molecule has 0 unspecified atom stereocenters. The van der Waals surface area contributed by atoms with Crippen LogP contribution in [-0.4, -0.2) is 39.4 Å². The number of rotatable bonds is 4. The van der Waals surface area contributed by atoms with Crippen molar-refractivity contribution in [3.05, 3.63) is 27.7 Å². The van der Waals surface area contributed by atoms with Gasteiger partial charge in [0.1, 0.15) is 4.90 Å². The smallest absolute Gasteiger partial charge is 0.254 e. The summed E-state index contributed by atoms with van der Waals surface area (Å²) in [5.74, 6) is -0.380. The van der Waals surface area contributed by atoms with E-state index in [4.69, 9.17) is 23.2 Å². The van der Waals surface area contributed by atoms with E-state index >= 15 is 0 Å². The second-order valence-corrected chi connectivity index (χ2v) is 7.35. The molecule has 0 atom stereocenters. The van der Waals surface area contributed by atoms with E-state index < -0.39 is 10.0 Å². The Morgan fingerprint density at radius 3 is 2.35 bits per heavy atom. The molecule has 1 fully saturated rings. The van der Waals surface area contributed by atoms with Gasteiger partial charge in [-0.2, -0.15) is 0 Å². The van der Waals surface area contributed by atoms with Crippen LogP contribution in [0.3, 0.4) is 0 Å². The average molecular weight is 337 g/mol. The number of halogens is 2. The molecular formula is C12H14Cl2N2O3S. The minimum atomic E-state index is -3.74. The van der Waals surface area contributed by atoms with E-state index in [9.17, 15) is 13.2 Å². The van der Waals surface area contributed by atoms with Crippen LogP contribution in [-0.2, 0) is 10.0 Å². The Hall–Kier alpha value is -0.820. The lowest BCUT2D eigenvalue weighted by Gasteiger charge is -2.14. The van der Waals surface area contributed by atoms with Gasteiger partial charge in [-0.3, -0.25) is 4.79 Å². The number of hydrogen-bond acceptors (Lipinski definition) is 3. The van der Waals surface area contributed by atoms with E-state index in [1.807, 2.05) is 0 Å². The van der Waals surface area contributed by atoms with Crippen LogP contribution in [0.15, 0.2) is 17.0 Å². The lowest BCUT2D eigenvalue weighted by atomic mass is 10.2. The molecule has 0 radical (unpaired) electrons. The molecule has 0 heterocycles. The van der Waals surface area contributed by atoms with Crippen LogP contribution in [0.5, 0.6) is 0 Å². The number of nitrogens with zero attached hydrogens (tertiary/aromatic N) is 1. The average Bonchev–Trinajstić information content (AvgIpc) is 3.10. The number of carbonyl (C=O) groups is 1. The molecule has 0 saturated heterocycles. The van der Waals surface area contributed by atoms with Gasteiger partial charge in [0, 0.05) is 20.1 Å². The molecule has 1 saturated carbocycles. The highest BCUT2D eigenvalue weighted by molar-refractivity contribution is 7.89. The van der Waals surface area contributed by atoms with Crippen molar-refractivity contribution < 1.29 is 13.2 Å². The normalized spacial score (nSPS) is 15.2. The molecule has 1 aliphatic carbocycles. The summed E-state index contributed by atoms with van der Waals surface area (Å²) in [5.41, 5.74) is 0.109. The third-order valence-corrected chi connectivity index (χ3v) is 5.14. The van der Waals surface area contributed by atoms with E-state index in [1.54, 1.807) is 14.1 Å². The first kappa shape index (κ1) is 15.6. The largest absolute Gasteiger partial charge is 0.345 e. The zero-order chi connectivity index (χ0) is 15.1. The highest BCUT2D eigenvalue weighted by atomic mass is 35.5. The molecule has 1 N–H and O–H groups in total. The SMILES string of the molecule is CN(C)C(=O)c1cc(S(=O)(=O)NC2CC2)c(Cl)cc1Cl. The predicted molar refractivity (Wildman–Crippen MR) is 77.8 cm³/mol. The molecule has 0 bridgehead atoms. The van der Waals surface area contributed by atoms with Gasteiger partial charge < -0.3 is 4.90 Å². The van der Waals surface area contributed by atoms with Crippen LogP contribution in [0.1, 0.15) is 23.2 Å². The number of amides is 1. The van der Waals surface area contributed by atoms with E-state index in [2.05, 4.69) is 4.72 Å². The molecule has 5 nitrogen and oxygen atoms in total. The fourth-order valence-corrected chi connectivity index (χ4v) is 3.78. The topological polar surface area (TPSA) is 66.5 Å². The van der Waals surface area contributed by atoms with Gasteiger partial charge in [0.25, 0.3) is 5.91 Å². The summed E-state index contributed by atoms with van der Waals surface area (Å²) in [6.07, 6.45) is 1.63. The minimum Gasteiger partial charge on any atom is -0.345 e. The van der Waals surface area contributed by atoms with E-state index in [-0.39, 0.29) is 32.5 Å². The van der Waals surface area contributed by atoms with E-state index in [0.29, 0.717) is 0 Å². The van der Waals surface area contributed by atoms with Gasteiger partial charge in [-0.15, -0.1) is 0 Å². The first-order valence-electron chi connectivity index (χ1n) is 5.95. The maximum absolute atomic E-state index is 12.2. The molecule has 1 aliphatic rings. The number of carbonyl (C=O) groups excluding carboxylic acids is 1. The number of hydrogen-bond donors (Lipinski definition) is 1. The Bertz CT molecular complexity index is 655. The fraction of sp³-hybridized carbons (Fsp3) is 0.417. The Balaban J connectivity index is 2.48. The lowest BCUT2D eigenvalue weighted by molar-refractivity contribution is 0.0827. The highest BCUT2D eigenvalue weighted by Crippen LogP contribution is 2.31. The van der Waals surface area contributed by atoms with Gasteiger partial charge in [0.05, 0.1) is 15.6 Å². The van der Waals surface area contributed by atoms with E-state index in [1.165, 1.54) is 17.0 Å². The molecule has 1 aromatic carbocycles. The summed E-state index contributed by atoms with van der Waals surface area (Å²) in [6, 6.07) is 2.46. The first-order valence-corrected chi connectivity index (χ1v) is 8.19. The fourth-order valence-electron chi connectivity index (χ4n) is 1.62. The second kappa shape index (κ2) is 5.52. The van der Waals surface area contributed by atoms with Crippen molar-refractivity contribution in [2.45, 2.75) is 23.8 Å². The molecule has 8 heteroatoms. The predicted octanol–water partition coefficient (Wildman–Crippen LogP) is 2.14. The van der Waals surface area contributed by atoms with Crippen molar-refractivity contribution in [2.24, 2.45) is 0 Å². The van der Waals surface area contributed by atoms with Crippen molar-refractivity contribution in [1.82, 2.24) is 9.62 Å². The van der Waals surface area contributed by atoms with Crippen molar-refractivity contribution in [2.75, 3.05) is 14.1 Å². The van der Waals surface area contributed by atoms with Crippen LogP contribution >= 0.6 is 23.2 Å². The van der Waals surface area contributed by atoms with Gasteiger partial charge in [-0.25, -0.2) is 13.1 Å². The monoisotopic (exact) mass is 336 g/mol. The summed E-state index contributed by atoms with van der Waals surface area (Å²) >= 11 is 11.9. The van der Waals surface area contributed by atoms with Crippen LogP contribution in [0.4, 0.5) is 0 Å². The Morgan fingerprint density at radius 2 is 1.85 bits per heavy atom. The third-order valence-electron chi connectivity index (χ3n) is 2.85. The summed E-state index contributed by atoms with van der Waals surface area (Å²) in [4.78, 5) is 13.2. The molecule has 0 aliphatic heterocycles. The first-order chi connectivity index (χ1) is 9.22. The van der Waals surface area contributed by atoms with Gasteiger partial charge in [-0.05, 0) is 25.0 Å². The number of sulfonamides is 1. The van der Waals surface area contributed by atoms with Crippen molar-refractivity contribution >= 4 is 39.1 Å². The molecule has 20 heavy (non-hydrogen) atoms. The highest BCUT2D eigenvalue weighted by Gasteiger charge is 2.30. The van der Waals surface area contributed by atoms with Gasteiger partial charge in [0.2, 0.25) is 10.0 Å². The molecule has 2 rings (SSSR count). The van der Waals surface area contributed by atoms with E-state index in [0.717, 1.165) is 12.8 Å². The minimum absolute atomic E-state index is 0.00143. The van der Waals surface area contributed by atoms with Crippen molar-refractivity contribution in [3.8, 4) is 0 Å². The van der Waals surface area contributed by atoms with Gasteiger partial charge in [-0.1, -0.05) is 23.2 Å². The van der Waals surface area contributed by atoms with Gasteiger partial charge >= 0.3 is 0 Å². The lowest BCUT2D eigenvalue weighted by Crippen LogP contribution is -2.27. The molecule has 0 spiro atoms. The maximum Gasteiger partial charge on any atom is 0.254 e. The zero-order valence-electron chi connectivity index (χ0n) is 11.0. The van der Waals surface area contributed by atoms with Crippen molar-refractivity contribution in [1.29, 1.82) is 0 Å². The van der Waals surface area contributed by atoms with Crippen LogP contribution < -0.4 is 4.72 Å². The Labute approximate surface area is 127 Å². The summed E-state index contributed by atoms with van der Waals surface area (Å²) in [6.45, 7) is 0. The van der Waals surface area contributed by atoms with Crippen LogP contribution in [0.25, 0.3) is 0 Å². The molecule has 1 amide bonds. The molecule has 0 aromatic heterocycles. The Kier molecular flexibility index (Phi) is 4.30. The summed E-state index contributed by atoms with van der Waals surface area (Å²) in [5, 5.41) is 0.123. The Morgan fingerprint density at radius 1 is 1.25 bits per heavy atom. The van der Waals surface area contributed by atoms with Crippen molar-refractivity contribution in [3.63, 3.8) is 0 Å². The molecule has 1 aromatic rings. The van der Waals surface area contributed by atoms with Gasteiger partial charge in [0.15, 0.2) is 0 Å². The standard InChI is InChI=1S/C12H14Cl2N2O3S/c1-16(2)12(17)8-5-11(10(14)6-9(8)13)20(18,19)15-7-3-4-7/h5-7,15H,3-4H2,1-2H3. The number of benzene rings is 1. The molecule has 110 valence electrons. The third kappa shape index (κ3) is 3.25. The molecular weight excluding hydrogens is 323 g/mol.